The zero-order valence-corrected chi connectivity index (χ0v) is 16.7. The van der Waals surface area contributed by atoms with Crippen LogP contribution >= 0.6 is 0 Å². The van der Waals surface area contributed by atoms with E-state index in [9.17, 15) is 39.5 Å². The molecule has 176 valence electrons. The molecule has 2 nitrogen and oxygen atoms in total. The second-order valence-electron chi connectivity index (χ2n) is 7.62. The highest BCUT2D eigenvalue weighted by atomic mass is 19.4. The normalized spacial score (nSPS) is 17.5. The van der Waals surface area contributed by atoms with E-state index in [0.717, 1.165) is 6.07 Å². The van der Waals surface area contributed by atoms with Crippen LogP contribution in [0, 0.1) is 6.92 Å². The number of alkyl halides is 9. The quantitative estimate of drug-likeness (QED) is 0.468. The van der Waals surface area contributed by atoms with Crippen molar-refractivity contribution in [3.63, 3.8) is 0 Å². The molecule has 0 aromatic heterocycles. The molecule has 0 saturated heterocycles. The van der Waals surface area contributed by atoms with E-state index in [0.29, 0.717) is 37.1 Å². The van der Waals surface area contributed by atoms with Crippen molar-refractivity contribution in [2.75, 3.05) is 11.9 Å². The van der Waals surface area contributed by atoms with Gasteiger partial charge >= 0.3 is 18.5 Å². The van der Waals surface area contributed by atoms with Gasteiger partial charge in [-0.05, 0) is 60.7 Å². The molecular weight excluding hydrogens is 451 g/mol. The molecule has 32 heavy (non-hydrogen) atoms. The lowest BCUT2D eigenvalue weighted by molar-refractivity contribution is -0.143. The Labute approximate surface area is 177 Å². The van der Waals surface area contributed by atoms with E-state index in [4.69, 9.17) is 0 Å². The highest BCUT2D eigenvalue weighted by molar-refractivity contribution is 5.62. The minimum absolute atomic E-state index is 0.0119. The van der Waals surface area contributed by atoms with Gasteiger partial charge < -0.3 is 10.6 Å². The van der Waals surface area contributed by atoms with Crippen LogP contribution in [0.1, 0.15) is 52.3 Å². The Kier molecular flexibility index (Phi) is 6.43. The fourth-order valence-electron chi connectivity index (χ4n) is 3.81. The summed E-state index contributed by atoms with van der Waals surface area (Å²) < 4.78 is 118. The molecule has 0 radical (unpaired) electrons. The first-order valence-electron chi connectivity index (χ1n) is 9.64. The molecule has 2 aromatic rings. The van der Waals surface area contributed by atoms with Crippen molar-refractivity contribution in [2.24, 2.45) is 0 Å². The van der Waals surface area contributed by atoms with Crippen molar-refractivity contribution >= 4 is 5.69 Å². The van der Waals surface area contributed by atoms with Gasteiger partial charge in [0.15, 0.2) is 0 Å². The number of nitrogens with one attached hydrogen (secondary N) is 2. The van der Waals surface area contributed by atoms with Crippen molar-refractivity contribution in [1.29, 1.82) is 0 Å². The largest absolute Gasteiger partial charge is 0.416 e. The minimum atomic E-state index is -4.96. The zero-order chi connectivity index (χ0) is 23.9. The molecule has 1 atom stereocenters. The Morgan fingerprint density at radius 3 is 2.00 bits per heavy atom. The molecule has 2 aromatic carbocycles. The van der Waals surface area contributed by atoms with Crippen LogP contribution in [-0.2, 0) is 25.1 Å². The second kappa shape index (κ2) is 8.49. The SMILES string of the molecule is Cc1c(C(F)(F)F)ccc2c1NCCCC2NCc1cc(C(F)(F)F)cc(C(F)(F)F)c1. The van der Waals surface area contributed by atoms with E-state index < -0.39 is 41.3 Å². The van der Waals surface area contributed by atoms with E-state index in [1.165, 1.54) is 13.0 Å². The lowest BCUT2D eigenvalue weighted by Crippen LogP contribution is -2.22. The molecule has 1 heterocycles. The van der Waals surface area contributed by atoms with Gasteiger partial charge in [-0.2, -0.15) is 39.5 Å². The van der Waals surface area contributed by atoms with Gasteiger partial charge in [0.05, 0.1) is 16.7 Å². The van der Waals surface area contributed by atoms with Gasteiger partial charge in [0.25, 0.3) is 0 Å². The van der Waals surface area contributed by atoms with Crippen molar-refractivity contribution in [3.8, 4) is 0 Å². The van der Waals surface area contributed by atoms with Gasteiger partial charge in [0, 0.05) is 24.8 Å². The number of fused-ring (bicyclic) bond motifs is 1. The molecule has 0 aliphatic carbocycles. The van der Waals surface area contributed by atoms with Crippen molar-refractivity contribution < 1.29 is 39.5 Å². The number of halogens is 9. The van der Waals surface area contributed by atoms with Crippen LogP contribution in [0.25, 0.3) is 0 Å². The van der Waals surface area contributed by atoms with Crippen LogP contribution in [0.2, 0.25) is 0 Å². The smallest absolute Gasteiger partial charge is 0.385 e. The van der Waals surface area contributed by atoms with Gasteiger partial charge in [0.1, 0.15) is 0 Å². The van der Waals surface area contributed by atoms with E-state index in [2.05, 4.69) is 10.6 Å². The van der Waals surface area contributed by atoms with Gasteiger partial charge in [-0.25, -0.2) is 0 Å². The molecule has 0 fully saturated rings. The minimum Gasteiger partial charge on any atom is -0.385 e. The summed E-state index contributed by atoms with van der Waals surface area (Å²) >= 11 is 0. The standard InChI is InChI=1S/C21H19F9N2/c1-11-16(21(28,29)30)5-4-15-17(3-2-6-31-18(11)15)32-10-12-7-13(19(22,23)24)9-14(8-12)20(25,26)27/h4-5,7-9,17,31-32H,2-3,6,10H2,1H3. The average molecular weight is 470 g/mol. The summed E-state index contributed by atoms with van der Waals surface area (Å²) in [5, 5.41) is 5.88. The molecule has 0 bridgehead atoms. The monoisotopic (exact) mass is 470 g/mol. The van der Waals surface area contributed by atoms with Crippen molar-refractivity contribution in [3.05, 3.63) is 63.7 Å². The van der Waals surface area contributed by atoms with E-state index >= 15 is 0 Å². The molecule has 1 aliphatic heterocycles. The molecule has 0 spiro atoms. The number of hydrogen-bond donors (Lipinski definition) is 2. The van der Waals surface area contributed by atoms with Crippen LogP contribution in [0.15, 0.2) is 30.3 Å². The first-order valence-corrected chi connectivity index (χ1v) is 9.64. The van der Waals surface area contributed by atoms with Crippen LogP contribution in [-0.4, -0.2) is 6.54 Å². The summed E-state index contributed by atoms with van der Waals surface area (Å²) in [7, 11) is 0. The maximum Gasteiger partial charge on any atom is 0.416 e. The lowest BCUT2D eigenvalue weighted by Gasteiger charge is -2.23. The Morgan fingerprint density at radius 1 is 0.875 bits per heavy atom. The number of anilines is 1. The number of rotatable bonds is 3. The van der Waals surface area contributed by atoms with Gasteiger partial charge in [0.2, 0.25) is 0 Å². The van der Waals surface area contributed by atoms with Crippen molar-refractivity contribution in [2.45, 2.75) is 50.9 Å². The number of hydrogen-bond acceptors (Lipinski definition) is 2. The fourth-order valence-corrected chi connectivity index (χ4v) is 3.81. The highest BCUT2D eigenvalue weighted by Gasteiger charge is 2.37. The van der Waals surface area contributed by atoms with Crippen LogP contribution in [0.3, 0.4) is 0 Å². The van der Waals surface area contributed by atoms with Crippen LogP contribution < -0.4 is 10.6 Å². The molecule has 2 N–H and O–H groups in total. The van der Waals surface area contributed by atoms with Crippen LogP contribution in [0.5, 0.6) is 0 Å². The van der Waals surface area contributed by atoms with Gasteiger partial charge in [-0.3, -0.25) is 0 Å². The molecular formula is C21H19F9N2. The molecule has 0 amide bonds. The lowest BCUT2D eigenvalue weighted by atomic mass is 9.95. The predicted octanol–water partition coefficient (Wildman–Crippen LogP) is 7.09. The Morgan fingerprint density at radius 2 is 1.47 bits per heavy atom. The maximum absolute atomic E-state index is 13.2. The first-order chi connectivity index (χ1) is 14.7. The third-order valence-corrected chi connectivity index (χ3v) is 5.35. The summed E-state index contributed by atoms with van der Waals surface area (Å²) in [6, 6.07) is 2.99. The van der Waals surface area contributed by atoms with Crippen LogP contribution in [0.4, 0.5) is 45.2 Å². The third kappa shape index (κ3) is 5.31. The first kappa shape index (κ1) is 24.2. The predicted molar refractivity (Wildman–Crippen MR) is 99.9 cm³/mol. The zero-order valence-electron chi connectivity index (χ0n) is 16.7. The molecule has 0 saturated carbocycles. The Bertz CT molecular complexity index is 943. The average Bonchev–Trinajstić information content (AvgIpc) is 2.87. The highest BCUT2D eigenvalue weighted by Crippen LogP contribution is 2.40. The van der Waals surface area contributed by atoms with Gasteiger partial charge in [-0.1, -0.05) is 6.07 Å². The fraction of sp³-hybridized carbons (Fsp3) is 0.429. The Balaban J connectivity index is 1.92. The van der Waals surface area contributed by atoms with Gasteiger partial charge in [-0.15, -0.1) is 0 Å². The van der Waals surface area contributed by atoms with E-state index in [1.807, 2.05) is 0 Å². The van der Waals surface area contributed by atoms with E-state index in [-0.39, 0.29) is 29.4 Å². The topological polar surface area (TPSA) is 24.1 Å². The maximum atomic E-state index is 13.2. The summed E-state index contributed by atoms with van der Waals surface area (Å²) in [5.74, 6) is 0. The number of benzene rings is 2. The summed E-state index contributed by atoms with van der Waals surface area (Å²) in [5.41, 5.74) is -3.13. The molecule has 1 aliphatic rings. The molecule has 3 rings (SSSR count). The van der Waals surface area contributed by atoms with E-state index in [1.54, 1.807) is 0 Å². The third-order valence-electron chi connectivity index (χ3n) is 5.35. The summed E-state index contributed by atoms with van der Waals surface area (Å²) in [6.07, 6.45) is -13.5. The summed E-state index contributed by atoms with van der Waals surface area (Å²) in [4.78, 5) is 0. The summed E-state index contributed by atoms with van der Waals surface area (Å²) in [6.45, 7) is 1.38. The molecule has 11 heteroatoms. The molecule has 1 unspecified atom stereocenters. The second-order valence-corrected chi connectivity index (χ2v) is 7.62. The van der Waals surface area contributed by atoms with Crippen molar-refractivity contribution in [1.82, 2.24) is 5.32 Å². The Hall–Kier alpha value is -2.43.